The second-order valence-electron chi connectivity index (χ2n) is 8.13. The lowest BCUT2D eigenvalue weighted by atomic mass is 10.0. The average Bonchev–Trinajstić information content (AvgIpc) is 3.33. The fourth-order valence-corrected chi connectivity index (χ4v) is 4.19. The molecule has 9 nitrogen and oxygen atoms in total. The summed E-state index contributed by atoms with van der Waals surface area (Å²) >= 11 is 0. The number of rotatable bonds is 4. The van der Waals surface area contributed by atoms with E-state index in [1.807, 2.05) is 44.2 Å². The number of fused-ring (bicyclic) bond motifs is 3. The van der Waals surface area contributed by atoms with Crippen LogP contribution in [0.2, 0.25) is 0 Å². The fourth-order valence-electron chi connectivity index (χ4n) is 4.19. The third-order valence-corrected chi connectivity index (χ3v) is 5.93. The average molecular weight is 425 g/mol. The maximum Gasteiger partial charge on any atom is 0.415 e. The largest absolute Gasteiger partial charge is 0.489 e. The Morgan fingerprint density at radius 2 is 1.94 bits per heavy atom. The molecule has 0 spiro atoms. The third-order valence-electron chi connectivity index (χ3n) is 5.93. The highest BCUT2D eigenvalue weighted by molar-refractivity contribution is 5.94. The summed E-state index contributed by atoms with van der Waals surface area (Å²) in [6, 6.07) is 9.08. The van der Waals surface area contributed by atoms with Crippen molar-refractivity contribution >= 4 is 17.9 Å². The van der Waals surface area contributed by atoms with Crippen molar-refractivity contribution in [3.8, 4) is 16.9 Å². The second kappa shape index (κ2) is 7.42. The van der Waals surface area contributed by atoms with E-state index in [0.29, 0.717) is 23.7 Å². The van der Waals surface area contributed by atoms with Crippen LogP contribution in [0.25, 0.3) is 11.1 Å². The van der Waals surface area contributed by atoms with Crippen LogP contribution < -0.4 is 9.64 Å². The Balaban J connectivity index is 1.37. The number of amides is 2. The molecule has 1 unspecified atom stereocenters. The van der Waals surface area contributed by atoms with E-state index in [-0.39, 0.29) is 37.5 Å². The number of aliphatic hydroxyl groups is 1. The number of ether oxygens (including phenoxy) is 3. The van der Waals surface area contributed by atoms with Gasteiger partial charge in [0.1, 0.15) is 18.4 Å². The molecule has 0 radical (unpaired) electrons. The maximum absolute atomic E-state index is 12.2. The van der Waals surface area contributed by atoms with Crippen LogP contribution in [-0.2, 0) is 9.47 Å². The molecule has 2 amide bonds. The molecule has 3 aliphatic heterocycles. The molecule has 3 aliphatic rings. The number of pyridine rings is 1. The fraction of sp³-hybridized carbons (Fsp3) is 0.409. The Hall–Kier alpha value is -3.33. The van der Waals surface area contributed by atoms with Crippen LogP contribution in [0.3, 0.4) is 0 Å². The summed E-state index contributed by atoms with van der Waals surface area (Å²) in [6.07, 6.45) is -0.0314. The Bertz CT molecular complexity index is 1020. The van der Waals surface area contributed by atoms with Gasteiger partial charge >= 0.3 is 12.2 Å². The Morgan fingerprint density at radius 1 is 1.13 bits per heavy atom. The number of aromatic nitrogens is 1. The van der Waals surface area contributed by atoms with Crippen molar-refractivity contribution in [2.45, 2.75) is 38.1 Å². The normalized spacial score (nSPS) is 24.6. The van der Waals surface area contributed by atoms with Crippen molar-refractivity contribution in [2.75, 3.05) is 24.7 Å². The van der Waals surface area contributed by atoms with Crippen LogP contribution in [0.5, 0.6) is 5.75 Å². The standard InChI is InChI=1S/C22H23N3O6/c1-12(2)24-9-19(30-21(24)27)15-5-3-14(8-23-15)13-4-6-16-18(7-13)29-11-17-20(10-26)31-22(28)25(16)17/h3-8,12,17,19-20,26H,9-11H2,1-2H3/t17-,19?,20-/m0/s1. The molecule has 1 aromatic carbocycles. The van der Waals surface area contributed by atoms with Crippen LogP contribution in [0, 0.1) is 0 Å². The Kier molecular flexibility index (Phi) is 4.70. The van der Waals surface area contributed by atoms with Crippen molar-refractivity contribution in [3.63, 3.8) is 0 Å². The summed E-state index contributed by atoms with van der Waals surface area (Å²) < 4.78 is 16.5. The molecule has 5 rings (SSSR count). The summed E-state index contributed by atoms with van der Waals surface area (Å²) in [7, 11) is 0. The number of hydrogen-bond acceptors (Lipinski definition) is 7. The summed E-state index contributed by atoms with van der Waals surface area (Å²) in [5, 5.41) is 9.42. The highest BCUT2D eigenvalue weighted by Gasteiger charge is 2.46. The van der Waals surface area contributed by atoms with E-state index in [1.54, 1.807) is 16.0 Å². The zero-order valence-corrected chi connectivity index (χ0v) is 17.2. The number of benzene rings is 1. The lowest BCUT2D eigenvalue weighted by molar-refractivity contribution is 0.0734. The van der Waals surface area contributed by atoms with Gasteiger partial charge in [0.25, 0.3) is 0 Å². The van der Waals surface area contributed by atoms with Crippen molar-refractivity contribution < 1.29 is 28.9 Å². The van der Waals surface area contributed by atoms with Gasteiger partial charge in [-0.3, -0.25) is 9.88 Å². The van der Waals surface area contributed by atoms with Gasteiger partial charge in [-0.2, -0.15) is 0 Å². The summed E-state index contributed by atoms with van der Waals surface area (Å²) in [4.78, 5) is 31.9. The third kappa shape index (κ3) is 3.25. The van der Waals surface area contributed by atoms with Crippen LogP contribution >= 0.6 is 0 Å². The molecule has 9 heteroatoms. The molecule has 1 N–H and O–H groups in total. The number of cyclic esters (lactones) is 2. The van der Waals surface area contributed by atoms with Crippen molar-refractivity contribution in [1.29, 1.82) is 0 Å². The number of nitrogens with zero attached hydrogens (tertiary/aromatic N) is 3. The van der Waals surface area contributed by atoms with E-state index in [2.05, 4.69) is 4.98 Å². The molecule has 162 valence electrons. The molecule has 3 atom stereocenters. The van der Waals surface area contributed by atoms with Gasteiger partial charge in [-0.1, -0.05) is 12.1 Å². The molecule has 0 bridgehead atoms. The van der Waals surface area contributed by atoms with E-state index >= 15 is 0 Å². The SMILES string of the molecule is CC(C)N1CC(c2ccc(-c3ccc4c(c3)OC[C@H]3[C@H](CO)OC(=O)N43)cn2)OC1=O. The van der Waals surface area contributed by atoms with Gasteiger partial charge in [0.2, 0.25) is 0 Å². The predicted octanol–water partition coefficient (Wildman–Crippen LogP) is 2.73. The summed E-state index contributed by atoms with van der Waals surface area (Å²) in [5.41, 5.74) is 3.08. The van der Waals surface area contributed by atoms with Crippen LogP contribution in [-0.4, -0.2) is 65.1 Å². The van der Waals surface area contributed by atoms with Gasteiger partial charge < -0.3 is 24.2 Å². The van der Waals surface area contributed by atoms with Gasteiger partial charge in [0.15, 0.2) is 12.2 Å². The molecule has 31 heavy (non-hydrogen) atoms. The van der Waals surface area contributed by atoms with Crippen molar-refractivity contribution in [2.24, 2.45) is 0 Å². The topological polar surface area (TPSA) is 101 Å². The highest BCUT2D eigenvalue weighted by atomic mass is 16.6. The lowest BCUT2D eigenvalue weighted by Gasteiger charge is -2.31. The Morgan fingerprint density at radius 3 is 2.61 bits per heavy atom. The van der Waals surface area contributed by atoms with E-state index in [1.165, 1.54) is 0 Å². The smallest absolute Gasteiger partial charge is 0.415 e. The quantitative estimate of drug-likeness (QED) is 0.804. The first kappa shape index (κ1) is 19.6. The van der Waals surface area contributed by atoms with E-state index < -0.39 is 12.2 Å². The molecule has 0 aliphatic carbocycles. The minimum absolute atomic E-state index is 0.0763. The van der Waals surface area contributed by atoms with E-state index in [9.17, 15) is 14.7 Å². The van der Waals surface area contributed by atoms with Gasteiger partial charge in [-0.05, 0) is 37.6 Å². The number of carbonyl (C=O) groups excluding carboxylic acids is 2. The number of anilines is 1. The molecular weight excluding hydrogens is 402 g/mol. The molecular formula is C22H23N3O6. The number of aliphatic hydroxyl groups excluding tert-OH is 1. The van der Waals surface area contributed by atoms with Crippen molar-refractivity contribution in [1.82, 2.24) is 9.88 Å². The second-order valence-corrected chi connectivity index (χ2v) is 8.13. The number of hydrogen-bond donors (Lipinski definition) is 1. The number of carbonyl (C=O) groups is 2. The molecule has 0 saturated carbocycles. The minimum Gasteiger partial charge on any atom is -0.489 e. The van der Waals surface area contributed by atoms with Gasteiger partial charge in [0.05, 0.1) is 24.5 Å². The monoisotopic (exact) mass is 425 g/mol. The zero-order chi connectivity index (χ0) is 21.7. The maximum atomic E-state index is 12.2. The van der Waals surface area contributed by atoms with Gasteiger partial charge in [-0.25, -0.2) is 9.59 Å². The zero-order valence-electron chi connectivity index (χ0n) is 17.2. The van der Waals surface area contributed by atoms with Gasteiger partial charge in [-0.15, -0.1) is 0 Å². The Labute approximate surface area is 179 Å². The minimum atomic E-state index is -0.589. The summed E-state index contributed by atoms with van der Waals surface area (Å²) in [6.45, 7) is 4.40. The first-order chi connectivity index (χ1) is 15.0. The van der Waals surface area contributed by atoms with Gasteiger partial charge in [0, 0.05) is 17.8 Å². The first-order valence-corrected chi connectivity index (χ1v) is 10.3. The van der Waals surface area contributed by atoms with Crippen LogP contribution in [0.15, 0.2) is 36.5 Å². The molecule has 4 heterocycles. The lowest BCUT2D eigenvalue weighted by Crippen LogP contribution is -2.45. The molecule has 2 aromatic rings. The molecule has 1 aromatic heterocycles. The molecule has 2 fully saturated rings. The molecule has 2 saturated heterocycles. The van der Waals surface area contributed by atoms with E-state index in [4.69, 9.17) is 14.2 Å². The predicted molar refractivity (Wildman–Crippen MR) is 110 cm³/mol. The highest BCUT2D eigenvalue weighted by Crippen LogP contribution is 2.41. The summed E-state index contributed by atoms with van der Waals surface area (Å²) in [5.74, 6) is 0.575. The van der Waals surface area contributed by atoms with E-state index in [0.717, 1.165) is 11.1 Å². The van der Waals surface area contributed by atoms with Crippen molar-refractivity contribution in [3.05, 3.63) is 42.2 Å². The van der Waals surface area contributed by atoms with Crippen LogP contribution in [0.4, 0.5) is 15.3 Å². The first-order valence-electron chi connectivity index (χ1n) is 10.3. The van der Waals surface area contributed by atoms with Crippen LogP contribution in [0.1, 0.15) is 25.6 Å².